The van der Waals surface area contributed by atoms with E-state index in [4.69, 9.17) is 9.47 Å². The molecule has 1 aromatic rings. The average Bonchev–Trinajstić information content (AvgIpc) is 2.63. The van der Waals surface area contributed by atoms with E-state index in [1.165, 1.54) is 0 Å². The minimum atomic E-state index is 0.0642. The Morgan fingerprint density at radius 1 is 1.26 bits per heavy atom. The highest BCUT2D eigenvalue weighted by Crippen LogP contribution is 2.30. The number of hydrogen-bond donors (Lipinski definition) is 1. The molecular formula is C14H20N2O3. The minimum Gasteiger partial charge on any atom is -0.490 e. The second kappa shape index (κ2) is 6.43. The summed E-state index contributed by atoms with van der Waals surface area (Å²) in [5, 5.41) is 3.12. The Morgan fingerprint density at radius 3 is 2.74 bits per heavy atom. The zero-order chi connectivity index (χ0) is 13.7. The van der Waals surface area contributed by atoms with Crippen LogP contribution in [0, 0.1) is 0 Å². The number of benzene rings is 1. The monoisotopic (exact) mass is 264 g/mol. The van der Waals surface area contributed by atoms with E-state index >= 15 is 0 Å². The molecule has 2 rings (SSSR count). The maximum atomic E-state index is 11.4. The summed E-state index contributed by atoms with van der Waals surface area (Å²) >= 11 is 0. The van der Waals surface area contributed by atoms with Gasteiger partial charge in [-0.1, -0.05) is 6.07 Å². The van der Waals surface area contributed by atoms with Gasteiger partial charge in [0.25, 0.3) is 0 Å². The molecule has 0 atom stereocenters. The Kier molecular flexibility index (Phi) is 4.63. The predicted octanol–water partition coefficient (Wildman–Crippen LogP) is 1.03. The van der Waals surface area contributed by atoms with Crippen LogP contribution in [0.25, 0.3) is 0 Å². The first-order valence-electron chi connectivity index (χ1n) is 6.46. The lowest BCUT2D eigenvalue weighted by molar-refractivity contribution is -0.127. The van der Waals surface area contributed by atoms with Gasteiger partial charge in [-0.2, -0.15) is 0 Å². The number of amides is 1. The highest BCUT2D eigenvalue weighted by atomic mass is 16.5. The summed E-state index contributed by atoms with van der Waals surface area (Å²) in [6.45, 7) is 2.35. The van der Waals surface area contributed by atoms with Crippen LogP contribution in [-0.4, -0.2) is 44.7 Å². The summed E-state index contributed by atoms with van der Waals surface area (Å²) in [5.41, 5.74) is 1.08. The molecule has 0 bridgehead atoms. The van der Waals surface area contributed by atoms with Gasteiger partial charge in [-0.25, -0.2) is 0 Å². The van der Waals surface area contributed by atoms with E-state index in [2.05, 4.69) is 5.32 Å². The first kappa shape index (κ1) is 13.7. The smallest absolute Gasteiger partial charge is 0.236 e. The Hall–Kier alpha value is -1.75. The number of ether oxygens (including phenoxy) is 2. The molecule has 104 valence electrons. The van der Waals surface area contributed by atoms with Gasteiger partial charge in [0.05, 0.1) is 19.8 Å². The van der Waals surface area contributed by atoms with Gasteiger partial charge in [0.1, 0.15) is 0 Å². The number of fused-ring (bicyclic) bond motifs is 1. The van der Waals surface area contributed by atoms with Crippen molar-refractivity contribution in [3.63, 3.8) is 0 Å². The van der Waals surface area contributed by atoms with Gasteiger partial charge < -0.3 is 19.7 Å². The summed E-state index contributed by atoms with van der Waals surface area (Å²) < 4.78 is 11.2. The number of likely N-dealkylation sites (N-methyl/N-ethyl adjacent to an activating group) is 1. The lowest BCUT2D eigenvalue weighted by Gasteiger charge is -2.12. The normalized spacial score (nSPS) is 13.8. The third kappa shape index (κ3) is 3.86. The standard InChI is InChI=1S/C14H20N2O3/c1-16(2)14(17)10-15-9-11-4-5-12-13(8-11)19-7-3-6-18-12/h4-5,8,15H,3,6-7,9-10H2,1-2H3. The van der Waals surface area contributed by atoms with Crippen molar-refractivity contribution < 1.29 is 14.3 Å². The van der Waals surface area contributed by atoms with Gasteiger partial charge in [0, 0.05) is 27.1 Å². The summed E-state index contributed by atoms with van der Waals surface area (Å²) in [6, 6.07) is 5.87. The molecule has 5 heteroatoms. The second-order valence-electron chi connectivity index (χ2n) is 4.72. The molecule has 1 aromatic carbocycles. The second-order valence-corrected chi connectivity index (χ2v) is 4.72. The molecule has 0 fully saturated rings. The topological polar surface area (TPSA) is 50.8 Å². The largest absolute Gasteiger partial charge is 0.490 e. The van der Waals surface area contributed by atoms with Crippen molar-refractivity contribution in [3.8, 4) is 11.5 Å². The molecule has 1 amide bonds. The Morgan fingerprint density at radius 2 is 2.00 bits per heavy atom. The van der Waals surface area contributed by atoms with Crippen LogP contribution in [0.5, 0.6) is 11.5 Å². The van der Waals surface area contributed by atoms with E-state index < -0.39 is 0 Å². The van der Waals surface area contributed by atoms with Gasteiger partial charge in [0.2, 0.25) is 5.91 Å². The lowest BCUT2D eigenvalue weighted by atomic mass is 10.2. The third-order valence-corrected chi connectivity index (χ3v) is 2.92. The highest BCUT2D eigenvalue weighted by molar-refractivity contribution is 5.77. The van der Waals surface area contributed by atoms with Gasteiger partial charge in [-0.3, -0.25) is 4.79 Å². The van der Waals surface area contributed by atoms with Crippen molar-refractivity contribution in [1.29, 1.82) is 0 Å². The van der Waals surface area contributed by atoms with E-state index in [1.807, 2.05) is 18.2 Å². The molecule has 0 aliphatic carbocycles. The van der Waals surface area contributed by atoms with E-state index in [0.29, 0.717) is 26.3 Å². The summed E-state index contributed by atoms with van der Waals surface area (Å²) in [6.07, 6.45) is 0.902. The fraction of sp³-hybridized carbons (Fsp3) is 0.500. The molecule has 5 nitrogen and oxygen atoms in total. The van der Waals surface area contributed by atoms with Crippen LogP contribution in [0.2, 0.25) is 0 Å². The molecular weight excluding hydrogens is 244 g/mol. The van der Waals surface area contributed by atoms with Crippen molar-refractivity contribution in [2.75, 3.05) is 33.9 Å². The number of carbonyl (C=O) groups excluding carboxylic acids is 1. The Labute approximate surface area is 113 Å². The van der Waals surface area contributed by atoms with E-state index in [9.17, 15) is 4.79 Å². The van der Waals surface area contributed by atoms with Crippen LogP contribution in [0.15, 0.2) is 18.2 Å². The van der Waals surface area contributed by atoms with Crippen molar-refractivity contribution in [2.24, 2.45) is 0 Å². The van der Waals surface area contributed by atoms with Gasteiger partial charge in [-0.15, -0.1) is 0 Å². The summed E-state index contributed by atoms with van der Waals surface area (Å²) in [4.78, 5) is 13.0. The van der Waals surface area contributed by atoms with Crippen LogP contribution in [0.3, 0.4) is 0 Å². The number of nitrogens with one attached hydrogen (secondary N) is 1. The first-order valence-corrected chi connectivity index (χ1v) is 6.46. The summed E-state index contributed by atoms with van der Waals surface area (Å²) in [5.74, 6) is 1.65. The molecule has 19 heavy (non-hydrogen) atoms. The molecule has 0 saturated heterocycles. The fourth-order valence-electron chi connectivity index (χ4n) is 1.79. The molecule has 1 aliphatic heterocycles. The first-order chi connectivity index (χ1) is 9.16. The fourth-order valence-corrected chi connectivity index (χ4v) is 1.79. The molecule has 0 radical (unpaired) electrons. The van der Waals surface area contributed by atoms with Gasteiger partial charge in [0.15, 0.2) is 11.5 Å². The zero-order valence-corrected chi connectivity index (χ0v) is 11.4. The average molecular weight is 264 g/mol. The Bertz CT molecular complexity index is 446. The molecule has 0 saturated carbocycles. The molecule has 0 aromatic heterocycles. The SMILES string of the molecule is CN(C)C(=O)CNCc1ccc2c(c1)OCCCO2. The maximum Gasteiger partial charge on any atom is 0.236 e. The van der Waals surface area contributed by atoms with Crippen LogP contribution < -0.4 is 14.8 Å². The van der Waals surface area contributed by atoms with Crippen LogP contribution >= 0.6 is 0 Å². The van der Waals surface area contributed by atoms with Gasteiger partial charge in [-0.05, 0) is 17.7 Å². The predicted molar refractivity (Wildman–Crippen MR) is 72.4 cm³/mol. The number of nitrogens with zero attached hydrogens (tertiary/aromatic N) is 1. The van der Waals surface area contributed by atoms with E-state index in [-0.39, 0.29) is 5.91 Å². The molecule has 1 heterocycles. The van der Waals surface area contributed by atoms with Crippen LogP contribution in [0.1, 0.15) is 12.0 Å². The highest BCUT2D eigenvalue weighted by Gasteiger charge is 2.10. The maximum absolute atomic E-state index is 11.4. The van der Waals surface area contributed by atoms with Crippen molar-refractivity contribution in [3.05, 3.63) is 23.8 Å². The zero-order valence-electron chi connectivity index (χ0n) is 11.4. The number of rotatable bonds is 4. The van der Waals surface area contributed by atoms with Crippen molar-refractivity contribution >= 4 is 5.91 Å². The molecule has 1 aliphatic rings. The summed E-state index contributed by atoms with van der Waals surface area (Å²) in [7, 11) is 3.50. The Balaban J connectivity index is 1.91. The quantitative estimate of drug-likeness (QED) is 0.882. The molecule has 1 N–H and O–H groups in total. The van der Waals surface area contributed by atoms with Crippen molar-refractivity contribution in [2.45, 2.75) is 13.0 Å². The number of carbonyl (C=O) groups is 1. The van der Waals surface area contributed by atoms with Gasteiger partial charge >= 0.3 is 0 Å². The van der Waals surface area contributed by atoms with E-state index in [0.717, 1.165) is 23.5 Å². The van der Waals surface area contributed by atoms with Crippen LogP contribution in [-0.2, 0) is 11.3 Å². The molecule has 0 spiro atoms. The van der Waals surface area contributed by atoms with E-state index in [1.54, 1.807) is 19.0 Å². The third-order valence-electron chi connectivity index (χ3n) is 2.92. The van der Waals surface area contributed by atoms with Crippen molar-refractivity contribution in [1.82, 2.24) is 10.2 Å². The number of hydrogen-bond acceptors (Lipinski definition) is 4. The minimum absolute atomic E-state index is 0.0642. The van der Waals surface area contributed by atoms with Crippen LogP contribution in [0.4, 0.5) is 0 Å². The molecule has 0 unspecified atom stereocenters. The lowest BCUT2D eigenvalue weighted by Crippen LogP contribution is -2.32.